The first-order valence-corrected chi connectivity index (χ1v) is 3.50. The van der Waals surface area contributed by atoms with Crippen LogP contribution in [0.4, 0.5) is 0 Å². The number of ether oxygens (including phenoxy) is 5. The van der Waals surface area contributed by atoms with E-state index in [9.17, 15) is 0 Å². The molecule has 0 rings (SSSR count). The first-order valence-electron chi connectivity index (χ1n) is 3.50. The highest BCUT2D eigenvalue weighted by Crippen LogP contribution is 2.07. The molecule has 0 unspecified atom stereocenters. The molecule has 0 saturated carbocycles. The minimum absolute atomic E-state index is 0.174. The molecule has 0 N–H and O–H groups in total. The van der Waals surface area contributed by atoms with Gasteiger partial charge in [0.25, 0.3) is 0 Å². The van der Waals surface area contributed by atoms with Gasteiger partial charge in [-0.05, 0) is 0 Å². The van der Waals surface area contributed by atoms with Gasteiger partial charge in [-0.25, -0.2) is 0 Å². The molecule has 0 atom stereocenters. The Kier molecular flexibility index (Phi) is 6.31. The Hall–Kier alpha value is -1.52. The second kappa shape index (κ2) is 7.15. The van der Waals surface area contributed by atoms with E-state index in [1.165, 1.54) is 41.0 Å². The summed E-state index contributed by atoms with van der Waals surface area (Å²) in [6.45, 7) is 0. The van der Waals surface area contributed by atoms with E-state index in [-0.39, 0.29) is 11.9 Å². The van der Waals surface area contributed by atoms with Crippen molar-refractivity contribution in [2.24, 2.45) is 0 Å². The van der Waals surface area contributed by atoms with E-state index in [1.54, 1.807) is 0 Å². The van der Waals surface area contributed by atoms with Crippen LogP contribution in [0.1, 0.15) is 0 Å². The largest absolute Gasteiger partial charge is 0.497 e. The first kappa shape index (κ1) is 11.5. The van der Waals surface area contributed by atoms with Crippen molar-refractivity contribution in [2.75, 3.05) is 28.4 Å². The van der Waals surface area contributed by atoms with Gasteiger partial charge in [-0.1, -0.05) is 0 Å². The summed E-state index contributed by atoms with van der Waals surface area (Å²) in [5.74, 6) is 0.348. The Labute approximate surface area is 77.5 Å². The summed E-state index contributed by atoms with van der Waals surface area (Å²) in [5.41, 5.74) is 0. The van der Waals surface area contributed by atoms with Crippen LogP contribution >= 0.6 is 0 Å². The molecular weight excluding hydrogens is 176 g/mol. The summed E-state index contributed by atoms with van der Waals surface area (Å²) in [6.07, 6.45) is 2.59. The van der Waals surface area contributed by atoms with E-state index in [1.807, 2.05) is 0 Å². The first-order chi connectivity index (χ1) is 6.28. The quantitative estimate of drug-likeness (QED) is 0.588. The van der Waals surface area contributed by atoms with Crippen molar-refractivity contribution < 1.29 is 23.7 Å². The second-order valence-electron chi connectivity index (χ2n) is 1.86. The molecule has 0 aliphatic rings. The maximum Gasteiger partial charge on any atom is 0.323 e. The zero-order valence-corrected chi connectivity index (χ0v) is 8.20. The van der Waals surface area contributed by atoms with Gasteiger partial charge in [0.1, 0.15) is 0 Å². The summed E-state index contributed by atoms with van der Waals surface area (Å²) in [5, 5.41) is 0. The number of methoxy groups -OCH3 is 4. The van der Waals surface area contributed by atoms with Crippen LogP contribution in [0.2, 0.25) is 0 Å². The highest BCUT2D eigenvalue weighted by atomic mass is 16.7. The van der Waals surface area contributed by atoms with Crippen LogP contribution < -0.4 is 0 Å². The van der Waals surface area contributed by atoms with E-state index in [0.29, 0.717) is 0 Å². The lowest BCUT2D eigenvalue weighted by Gasteiger charge is -2.08. The molecule has 0 aromatic heterocycles. The molecule has 0 bridgehead atoms. The molecule has 0 radical (unpaired) electrons. The maximum atomic E-state index is 5.06. The zero-order valence-electron chi connectivity index (χ0n) is 8.20. The predicted octanol–water partition coefficient (Wildman–Crippen LogP) is 1.19. The van der Waals surface area contributed by atoms with E-state index < -0.39 is 0 Å². The van der Waals surface area contributed by atoms with E-state index in [2.05, 4.69) is 9.47 Å². The molecule has 0 fully saturated rings. The third kappa shape index (κ3) is 4.84. The summed E-state index contributed by atoms with van der Waals surface area (Å²) >= 11 is 0. The minimum atomic E-state index is 0.174. The molecule has 13 heavy (non-hydrogen) atoms. The molecule has 0 spiro atoms. The topological polar surface area (TPSA) is 46.2 Å². The normalized spacial score (nSPS) is 12.0. The molecule has 0 aliphatic heterocycles. The Morgan fingerprint density at radius 3 is 1.38 bits per heavy atom. The average molecular weight is 190 g/mol. The smallest absolute Gasteiger partial charge is 0.323 e. The highest BCUT2D eigenvalue weighted by molar-refractivity contribution is 4.85. The fourth-order valence-electron chi connectivity index (χ4n) is 0.519. The van der Waals surface area contributed by atoms with Gasteiger partial charge < -0.3 is 23.7 Å². The average Bonchev–Trinajstić information content (AvgIpc) is 2.16. The monoisotopic (exact) mass is 190 g/mol. The standard InChI is InChI=1S/C8H14O5/c1-9-5-7(11-3)13-8(12-4)6-10-2/h5-6H,1-4H3. The van der Waals surface area contributed by atoms with Crippen molar-refractivity contribution in [1.29, 1.82) is 0 Å². The lowest BCUT2D eigenvalue weighted by molar-refractivity contribution is 0.0103. The molecule has 0 aromatic rings. The number of hydrogen-bond donors (Lipinski definition) is 0. The van der Waals surface area contributed by atoms with Crippen LogP contribution in [-0.2, 0) is 23.7 Å². The van der Waals surface area contributed by atoms with Crippen molar-refractivity contribution in [3.63, 3.8) is 0 Å². The van der Waals surface area contributed by atoms with E-state index in [0.717, 1.165) is 0 Å². The van der Waals surface area contributed by atoms with E-state index in [4.69, 9.17) is 14.2 Å². The highest BCUT2D eigenvalue weighted by Gasteiger charge is 2.03. The molecule has 0 saturated heterocycles. The molecule has 5 nitrogen and oxygen atoms in total. The van der Waals surface area contributed by atoms with Crippen LogP contribution in [-0.4, -0.2) is 28.4 Å². The van der Waals surface area contributed by atoms with Crippen LogP contribution in [0.3, 0.4) is 0 Å². The molecular formula is C8H14O5. The summed E-state index contributed by atoms with van der Waals surface area (Å²) in [4.78, 5) is 0. The van der Waals surface area contributed by atoms with Gasteiger partial charge in [-0.2, -0.15) is 0 Å². The Bertz CT molecular complexity index is 165. The molecule has 5 heteroatoms. The van der Waals surface area contributed by atoms with Crippen LogP contribution in [0.15, 0.2) is 24.4 Å². The minimum Gasteiger partial charge on any atom is -0.497 e. The Balaban J connectivity index is 4.19. The van der Waals surface area contributed by atoms with Gasteiger partial charge in [-0.3, -0.25) is 0 Å². The fraction of sp³-hybridized carbons (Fsp3) is 0.500. The zero-order chi connectivity index (χ0) is 10.1. The van der Waals surface area contributed by atoms with Gasteiger partial charge in [0.2, 0.25) is 0 Å². The number of rotatable bonds is 6. The molecule has 0 aromatic carbocycles. The molecule has 0 aliphatic carbocycles. The van der Waals surface area contributed by atoms with E-state index >= 15 is 0 Å². The Morgan fingerprint density at radius 2 is 1.15 bits per heavy atom. The van der Waals surface area contributed by atoms with Crippen LogP contribution in [0.25, 0.3) is 0 Å². The summed E-state index contributed by atoms with van der Waals surface area (Å²) < 4.78 is 24.0. The van der Waals surface area contributed by atoms with Crippen molar-refractivity contribution in [1.82, 2.24) is 0 Å². The second-order valence-corrected chi connectivity index (χ2v) is 1.86. The van der Waals surface area contributed by atoms with Crippen molar-refractivity contribution in [3.8, 4) is 0 Å². The third-order valence-electron chi connectivity index (χ3n) is 1.03. The summed E-state index contributed by atoms with van der Waals surface area (Å²) in [7, 11) is 5.86. The lowest BCUT2D eigenvalue weighted by Crippen LogP contribution is -1.98. The fourth-order valence-corrected chi connectivity index (χ4v) is 0.519. The van der Waals surface area contributed by atoms with Crippen LogP contribution in [0, 0.1) is 0 Å². The van der Waals surface area contributed by atoms with Gasteiger partial charge in [0, 0.05) is 0 Å². The van der Waals surface area contributed by atoms with Gasteiger partial charge in [0.15, 0.2) is 12.5 Å². The van der Waals surface area contributed by atoms with Crippen molar-refractivity contribution in [3.05, 3.63) is 24.4 Å². The summed E-state index contributed by atoms with van der Waals surface area (Å²) in [6, 6.07) is 0. The molecule has 0 amide bonds. The maximum absolute atomic E-state index is 5.06. The predicted molar refractivity (Wildman–Crippen MR) is 45.3 cm³/mol. The number of hydrogen-bond acceptors (Lipinski definition) is 5. The van der Waals surface area contributed by atoms with Crippen molar-refractivity contribution >= 4 is 0 Å². The van der Waals surface area contributed by atoms with Crippen LogP contribution in [0.5, 0.6) is 0 Å². The SMILES string of the molecule is COC=C(OC)OC(=COC)OC. The van der Waals surface area contributed by atoms with Gasteiger partial charge in [-0.15, -0.1) is 0 Å². The van der Waals surface area contributed by atoms with Crippen molar-refractivity contribution in [2.45, 2.75) is 0 Å². The van der Waals surface area contributed by atoms with Gasteiger partial charge in [0.05, 0.1) is 28.4 Å². The third-order valence-corrected chi connectivity index (χ3v) is 1.03. The lowest BCUT2D eigenvalue weighted by atomic mass is 10.9. The van der Waals surface area contributed by atoms with Gasteiger partial charge >= 0.3 is 11.9 Å². The molecule has 76 valence electrons. The Morgan fingerprint density at radius 1 is 0.769 bits per heavy atom. The molecule has 0 heterocycles.